The smallest absolute Gasteiger partial charge is 0.220 e. The highest BCUT2D eigenvalue weighted by Crippen LogP contribution is 2.15. The molecule has 0 bridgehead atoms. The van der Waals surface area contributed by atoms with E-state index in [1.165, 1.54) is 56.9 Å². The minimum Gasteiger partial charge on any atom is -0.360 e. The minimum absolute atomic E-state index is 0.0552. The molecule has 0 heterocycles. The van der Waals surface area contributed by atoms with E-state index >= 15 is 0 Å². The largest absolute Gasteiger partial charge is 0.360 e. The van der Waals surface area contributed by atoms with E-state index in [1.807, 2.05) is 0 Å². The summed E-state index contributed by atoms with van der Waals surface area (Å²) in [5.41, 5.74) is 8.72. The number of amides is 1. The number of nitrogens with two attached hydrogens (primary N) is 1. The fourth-order valence-electron chi connectivity index (χ4n) is 3.49. The van der Waals surface area contributed by atoms with E-state index in [1.54, 1.807) is 0 Å². The standard InChI is InChI=1S/C27H45N3O2/c1-5-6-7-8-9-10-11-12-14-24-16-18-25(19-17-24)27(22(2)3)30-32-23(4)21-29-26(31)15-13-20-28/h16-19,22H,4-15,20-21,28H2,1-3H3,(H,29,31)/b30-27+. The van der Waals surface area contributed by atoms with Gasteiger partial charge in [-0.05, 0) is 42.9 Å². The monoisotopic (exact) mass is 443 g/mol. The molecule has 0 aliphatic rings. The third-order valence-corrected chi connectivity index (χ3v) is 5.48. The van der Waals surface area contributed by atoms with Gasteiger partial charge in [-0.25, -0.2) is 0 Å². The number of nitrogens with one attached hydrogen (secondary N) is 1. The number of hydrogen-bond acceptors (Lipinski definition) is 4. The Kier molecular flexibility index (Phi) is 15.2. The molecule has 0 atom stereocenters. The second kappa shape index (κ2) is 17.4. The number of unbranched alkanes of at least 4 members (excludes halogenated alkanes) is 7. The Labute approximate surface area is 195 Å². The molecular formula is C27H45N3O2. The van der Waals surface area contributed by atoms with Crippen molar-refractivity contribution in [1.82, 2.24) is 5.32 Å². The Hall–Kier alpha value is -2.14. The first kappa shape index (κ1) is 27.9. The molecule has 1 aromatic rings. The maximum Gasteiger partial charge on any atom is 0.220 e. The van der Waals surface area contributed by atoms with Crippen molar-refractivity contribution in [2.45, 2.75) is 91.4 Å². The van der Waals surface area contributed by atoms with Gasteiger partial charge in [0.05, 0.1) is 12.3 Å². The molecule has 5 nitrogen and oxygen atoms in total. The van der Waals surface area contributed by atoms with Gasteiger partial charge in [0, 0.05) is 6.42 Å². The fourth-order valence-corrected chi connectivity index (χ4v) is 3.49. The number of nitrogens with zero attached hydrogens (tertiary/aromatic N) is 1. The van der Waals surface area contributed by atoms with Crippen LogP contribution in [0.1, 0.15) is 96.1 Å². The van der Waals surface area contributed by atoms with Gasteiger partial charge in [-0.3, -0.25) is 4.79 Å². The average molecular weight is 444 g/mol. The van der Waals surface area contributed by atoms with Crippen LogP contribution in [0.2, 0.25) is 0 Å². The van der Waals surface area contributed by atoms with Crippen molar-refractivity contribution >= 4 is 11.6 Å². The number of oxime groups is 1. The van der Waals surface area contributed by atoms with Crippen molar-refractivity contribution in [2.75, 3.05) is 13.1 Å². The van der Waals surface area contributed by atoms with Crippen molar-refractivity contribution in [3.05, 3.63) is 47.7 Å². The second-order valence-electron chi connectivity index (χ2n) is 8.85. The first-order valence-corrected chi connectivity index (χ1v) is 12.5. The lowest BCUT2D eigenvalue weighted by atomic mass is 9.97. The molecule has 180 valence electrons. The topological polar surface area (TPSA) is 76.7 Å². The number of carbonyl (C=O) groups excluding carboxylic acids is 1. The molecule has 1 aromatic carbocycles. The summed E-state index contributed by atoms with van der Waals surface area (Å²) in [5.74, 6) is 0.566. The lowest BCUT2D eigenvalue weighted by Crippen LogP contribution is -2.26. The Morgan fingerprint density at radius 2 is 1.66 bits per heavy atom. The predicted molar refractivity (Wildman–Crippen MR) is 136 cm³/mol. The van der Waals surface area contributed by atoms with Gasteiger partial charge in [-0.1, -0.05) is 102 Å². The first-order chi connectivity index (χ1) is 15.5. The highest BCUT2D eigenvalue weighted by Gasteiger charge is 2.11. The maximum absolute atomic E-state index is 11.7. The van der Waals surface area contributed by atoms with Crippen LogP contribution >= 0.6 is 0 Å². The van der Waals surface area contributed by atoms with E-state index in [9.17, 15) is 4.79 Å². The zero-order valence-corrected chi connectivity index (χ0v) is 20.6. The van der Waals surface area contributed by atoms with Gasteiger partial charge < -0.3 is 15.9 Å². The lowest BCUT2D eigenvalue weighted by Gasteiger charge is -2.12. The quantitative estimate of drug-likeness (QED) is 0.124. The molecule has 0 aromatic heterocycles. The number of hydrogen-bond donors (Lipinski definition) is 2. The van der Waals surface area contributed by atoms with Gasteiger partial charge in [0.15, 0.2) is 0 Å². The van der Waals surface area contributed by atoms with Crippen LogP contribution in [0.4, 0.5) is 0 Å². The summed E-state index contributed by atoms with van der Waals surface area (Å²) in [7, 11) is 0. The molecular weight excluding hydrogens is 398 g/mol. The normalized spacial score (nSPS) is 11.6. The highest BCUT2D eigenvalue weighted by molar-refractivity contribution is 6.01. The summed E-state index contributed by atoms with van der Waals surface area (Å²) in [6, 6.07) is 8.64. The van der Waals surface area contributed by atoms with Crippen molar-refractivity contribution < 1.29 is 9.63 Å². The van der Waals surface area contributed by atoms with Crippen LogP contribution in [0.5, 0.6) is 0 Å². The number of carbonyl (C=O) groups is 1. The Bertz CT molecular complexity index is 681. The van der Waals surface area contributed by atoms with E-state index in [-0.39, 0.29) is 18.4 Å². The Balaban J connectivity index is 2.45. The number of benzene rings is 1. The Morgan fingerprint density at radius 1 is 1.03 bits per heavy atom. The molecule has 0 radical (unpaired) electrons. The van der Waals surface area contributed by atoms with E-state index in [0.717, 1.165) is 17.7 Å². The third-order valence-electron chi connectivity index (χ3n) is 5.48. The van der Waals surface area contributed by atoms with Crippen molar-refractivity contribution in [1.29, 1.82) is 0 Å². The van der Waals surface area contributed by atoms with Gasteiger partial charge in [0.25, 0.3) is 0 Å². The molecule has 0 aliphatic carbocycles. The number of aryl methyl sites for hydroxylation is 1. The second-order valence-corrected chi connectivity index (χ2v) is 8.85. The van der Waals surface area contributed by atoms with Crippen molar-refractivity contribution in [2.24, 2.45) is 16.8 Å². The molecule has 32 heavy (non-hydrogen) atoms. The molecule has 1 amide bonds. The van der Waals surface area contributed by atoms with Crippen LogP contribution in [-0.2, 0) is 16.1 Å². The van der Waals surface area contributed by atoms with Crippen molar-refractivity contribution in [3.63, 3.8) is 0 Å². The Morgan fingerprint density at radius 3 is 2.25 bits per heavy atom. The summed E-state index contributed by atoms with van der Waals surface area (Å²) in [6.07, 6.45) is 12.9. The van der Waals surface area contributed by atoms with Crippen LogP contribution in [0.15, 0.2) is 41.8 Å². The molecule has 0 aliphatic heterocycles. The zero-order chi connectivity index (χ0) is 23.6. The molecule has 0 unspecified atom stereocenters. The predicted octanol–water partition coefficient (Wildman–Crippen LogP) is 6.12. The highest BCUT2D eigenvalue weighted by atomic mass is 16.6. The van der Waals surface area contributed by atoms with Crippen LogP contribution < -0.4 is 11.1 Å². The van der Waals surface area contributed by atoms with Crippen LogP contribution in [0.25, 0.3) is 0 Å². The molecule has 0 saturated heterocycles. The summed E-state index contributed by atoms with van der Waals surface area (Å²) in [5, 5.41) is 7.10. The van der Waals surface area contributed by atoms with Crippen molar-refractivity contribution in [3.8, 4) is 0 Å². The molecule has 3 N–H and O–H groups in total. The third kappa shape index (κ3) is 12.7. The van der Waals surface area contributed by atoms with Crippen LogP contribution in [0, 0.1) is 5.92 Å². The minimum atomic E-state index is -0.0552. The van der Waals surface area contributed by atoms with Gasteiger partial charge >= 0.3 is 0 Å². The fraction of sp³-hybridized carbons (Fsp3) is 0.630. The maximum atomic E-state index is 11.7. The summed E-state index contributed by atoms with van der Waals surface area (Å²) in [4.78, 5) is 17.2. The summed E-state index contributed by atoms with van der Waals surface area (Å²) in [6.45, 7) is 11.0. The van der Waals surface area contributed by atoms with Crippen LogP contribution in [-0.4, -0.2) is 24.7 Å². The van der Waals surface area contributed by atoms with Crippen LogP contribution in [0.3, 0.4) is 0 Å². The molecule has 0 spiro atoms. The molecule has 0 fully saturated rings. The summed E-state index contributed by atoms with van der Waals surface area (Å²) < 4.78 is 0. The first-order valence-electron chi connectivity index (χ1n) is 12.5. The van der Waals surface area contributed by atoms with Gasteiger partial charge in [0.2, 0.25) is 5.91 Å². The van der Waals surface area contributed by atoms with Gasteiger partial charge in [0.1, 0.15) is 5.76 Å². The van der Waals surface area contributed by atoms with Gasteiger partial charge in [-0.15, -0.1) is 0 Å². The van der Waals surface area contributed by atoms with E-state index in [2.05, 4.69) is 62.1 Å². The molecule has 1 rings (SSSR count). The lowest BCUT2D eigenvalue weighted by molar-refractivity contribution is -0.121. The van der Waals surface area contributed by atoms with Gasteiger partial charge in [-0.2, -0.15) is 0 Å². The van der Waals surface area contributed by atoms with E-state index in [4.69, 9.17) is 10.6 Å². The average Bonchev–Trinajstić information content (AvgIpc) is 2.78. The summed E-state index contributed by atoms with van der Waals surface area (Å²) >= 11 is 0. The van der Waals surface area contributed by atoms with E-state index < -0.39 is 0 Å². The molecule has 5 heteroatoms. The molecule has 0 saturated carbocycles. The van der Waals surface area contributed by atoms with E-state index in [0.29, 0.717) is 25.1 Å². The SMILES string of the molecule is C=C(CNC(=O)CCCN)O/N=C(/c1ccc(CCCCCCCCCC)cc1)C(C)C. The zero-order valence-electron chi connectivity index (χ0n) is 20.6. The number of rotatable bonds is 18.